The number of ether oxygens (including phenoxy) is 1. The van der Waals surface area contributed by atoms with Gasteiger partial charge in [0.15, 0.2) is 17.5 Å². The molecule has 0 bridgehead atoms. The molecular formula is C19H21F3N6O2. The number of nitrogens with two attached hydrogens (primary N) is 1. The summed E-state index contributed by atoms with van der Waals surface area (Å²) in [4.78, 5) is 18.6. The first kappa shape index (κ1) is 21.4. The van der Waals surface area contributed by atoms with E-state index in [4.69, 9.17) is 10.5 Å². The third-order valence-electron chi connectivity index (χ3n) is 4.54. The van der Waals surface area contributed by atoms with Crippen LogP contribution in [0, 0.1) is 17.5 Å². The Morgan fingerprint density at radius 2 is 2.07 bits per heavy atom. The Labute approximate surface area is 170 Å². The zero-order valence-electron chi connectivity index (χ0n) is 16.4. The van der Waals surface area contributed by atoms with Gasteiger partial charge in [-0.15, -0.1) is 0 Å². The van der Waals surface area contributed by atoms with Crippen LogP contribution in [0.1, 0.15) is 12.5 Å². The Morgan fingerprint density at radius 1 is 1.37 bits per heavy atom. The maximum atomic E-state index is 13.4. The molecule has 2 aromatic rings. The quantitative estimate of drug-likeness (QED) is 0.724. The molecule has 0 radical (unpaired) electrons. The number of nitrogens with zero attached hydrogens (tertiary/aromatic N) is 4. The van der Waals surface area contributed by atoms with Crippen LogP contribution in [0.15, 0.2) is 35.7 Å². The summed E-state index contributed by atoms with van der Waals surface area (Å²) in [7, 11) is 1.57. The molecule has 1 atom stereocenters. The zero-order valence-corrected chi connectivity index (χ0v) is 16.4. The highest BCUT2D eigenvalue weighted by molar-refractivity contribution is 6.20. The number of aliphatic imine (C=N–C) groups is 1. The van der Waals surface area contributed by atoms with Gasteiger partial charge in [0, 0.05) is 42.9 Å². The number of benzene rings is 1. The number of amides is 2. The SMILES string of the molecule is COCc1cnn(C(=CN)C2=NC[C@H](C)N(C(=O)Nc3cc(F)c(F)c(F)c3)C2)c1. The van der Waals surface area contributed by atoms with Crippen molar-refractivity contribution < 1.29 is 22.7 Å². The highest BCUT2D eigenvalue weighted by atomic mass is 19.2. The van der Waals surface area contributed by atoms with E-state index in [1.165, 1.54) is 15.8 Å². The number of hydrogen-bond donors (Lipinski definition) is 2. The summed E-state index contributed by atoms with van der Waals surface area (Å²) in [6.07, 6.45) is 4.69. The molecular weight excluding hydrogens is 401 g/mol. The maximum Gasteiger partial charge on any atom is 0.322 e. The van der Waals surface area contributed by atoms with Crippen LogP contribution in [0.4, 0.5) is 23.7 Å². The Hall–Kier alpha value is -3.34. The molecule has 3 rings (SSSR count). The summed E-state index contributed by atoms with van der Waals surface area (Å²) in [6, 6.07) is 0.528. The Balaban J connectivity index is 1.77. The van der Waals surface area contributed by atoms with Gasteiger partial charge in [0.2, 0.25) is 0 Å². The first-order valence-corrected chi connectivity index (χ1v) is 9.04. The standard InChI is InChI=1S/C19H21F3N6O2/c1-11-6-24-16(17(5-23)28-8-12(7-25-28)10-30-2)9-27(11)19(29)26-13-3-14(20)18(22)15(21)4-13/h3-5,7-8,11H,6,9-10,23H2,1-2H3,(H,26,29)/t11-/m0/s1. The molecule has 0 spiro atoms. The van der Waals surface area contributed by atoms with Crippen molar-refractivity contribution in [1.29, 1.82) is 0 Å². The number of rotatable bonds is 5. The second-order valence-electron chi connectivity index (χ2n) is 6.73. The van der Waals surface area contributed by atoms with Crippen LogP contribution >= 0.6 is 0 Å². The van der Waals surface area contributed by atoms with E-state index >= 15 is 0 Å². The predicted molar refractivity (Wildman–Crippen MR) is 105 cm³/mol. The van der Waals surface area contributed by atoms with Crippen LogP contribution in [0.2, 0.25) is 0 Å². The van der Waals surface area contributed by atoms with Crippen molar-refractivity contribution in [1.82, 2.24) is 14.7 Å². The molecule has 0 saturated carbocycles. The third-order valence-corrected chi connectivity index (χ3v) is 4.54. The van der Waals surface area contributed by atoms with Crippen LogP contribution < -0.4 is 11.1 Å². The van der Waals surface area contributed by atoms with E-state index in [0.29, 0.717) is 36.7 Å². The van der Waals surface area contributed by atoms with Gasteiger partial charge in [-0.1, -0.05) is 0 Å². The number of carbonyl (C=O) groups excluding carboxylic acids is 1. The Bertz CT molecular complexity index is 981. The van der Waals surface area contributed by atoms with E-state index in [0.717, 1.165) is 5.56 Å². The molecule has 8 nitrogen and oxygen atoms in total. The van der Waals surface area contributed by atoms with Gasteiger partial charge in [0.05, 0.1) is 37.6 Å². The van der Waals surface area contributed by atoms with E-state index < -0.39 is 23.5 Å². The van der Waals surface area contributed by atoms with Crippen LogP contribution in [-0.2, 0) is 11.3 Å². The minimum atomic E-state index is -1.60. The fourth-order valence-electron chi connectivity index (χ4n) is 3.00. The lowest BCUT2D eigenvalue weighted by Crippen LogP contribution is -2.49. The molecule has 1 aliphatic rings. The van der Waals surface area contributed by atoms with Gasteiger partial charge in [-0.2, -0.15) is 5.10 Å². The molecule has 0 saturated heterocycles. The summed E-state index contributed by atoms with van der Waals surface area (Å²) in [5, 5.41) is 6.62. The van der Waals surface area contributed by atoms with E-state index in [1.54, 1.807) is 26.4 Å². The van der Waals surface area contributed by atoms with Gasteiger partial charge in [-0.3, -0.25) is 4.99 Å². The molecule has 0 fully saturated rings. The fraction of sp³-hybridized carbons (Fsp3) is 0.316. The molecule has 0 unspecified atom stereocenters. The average Bonchev–Trinajstić information content (AvgIpc) is 3.16. The summed E-state index contributed by atoms with van der Waals surface area (Å²) >= 11 is 0. The maximum absolute atomic E-state index is 13.4. The summed E-state index contributed by atoms with van der Waals surface area (Å²) in [6.45, 7) is 2.53. The molecule has 11 heteroatoms. The number of hydrogen-bond acceptors (Lipinski definition) is 5. The van der Waals surface area contributed by atoms with Gasteiger partial charge >= 0.3 is 6.03 Å². The van der Waals surface area contributed by atoms with Gasteiger partial charge in [-0.05, 0) is 6.92 Å². The molecule has 1 aromatic carbocycles. The zero-order chi connectivity index (χ0) is 21.8. The van der Waals surface area contributed by atoms with Crippen LogP contribution in [0.5, 0.6) is 0 Å². The molecule has 2 amide bonds. The second kappa shape index (κ2) is 8.99. The number of aromatic nitrogens is 2. The van der Waals surface area contributed by atoms with Gasteiger partial charge < -0.3 is 20.7 Å². The number of anilines is 1. The van der Waals surface area contributed by atoms with Crippen molar-refractivity contribution in [2.45, 2.75) is 19.6 Å². The molecule has 3 N–H and O–H groups in total. The highest BCUT2D eigenvalue weighted by Gasteiger charge is 2.28. The smallest absolute Gasteiger partial charge is 0.322 e. The fourth-order valence-corrected chi connectivity index (χ4v) is 3.00. The lowest BCUT2D eigenvalue weighted by molar-refractivity contribution is 0.185. The van der Waals surface area contributed by atoms with Gasteiger partial charge in [-0.25, -0.2) is 22.6 Å². The molecule has 160 valence electrons. The lowest BCUT2D eigenvalue weighted by atomic mass is 10.1. The van der Waals surface area contributed by atoms with Gasteiger partial charge in [0.25, 0.3) is 0 Å². The number of nitrogens with one attached hydrogen (secondary N) is 1. The predicted octanol–water partition coefficient (Wildman–Crippen LogP) is 2.58. The number of methoxy groups -OCH3 is 1. The molecule has 2 heterocycles. The topological polar surface area (TPSA) is 97.8 Å². The van der Waals surface area contributed by atoms with E-state index in [9.17, 15) is 18.0 Å². The largest absolute Gasteiger partial charge is 0.403 e. The molecule has 0 aliphatic carbocycles. The summed E-state index contributed by atoms with van der Waals surface area (Å²) in [5.41, 5.74) is 7.40. The Kier molecular flexibility index (Phi) is 6.40. The molecule has 30 heavy (non-hydrogen) atoms. The number of carbonyl (C=O) groups is 1. The van der Waals surface area contributed by atoms with Crippen molar-refractivity contribution in [2.75, 3.05) is 25.5 Å². The van der Waals surface area contributed by atoms with Crippen molar-refractivity contribution in [3.63, 3.8) is 0 Å². The van der Waals surface area contributed by atoms with Crippen molar-refractivity contribution >= 4 is 23.1 Å². The van der Waals surface area contributed by atoms with E-state index in [-0.39, 0.29) is 18.3 Å². The second-order valence-corrected chi connectivity index (χ2v) is 6.73. The van der Waals surface area contributed by atoms with Crippen LogP contribution in [0.3, 0.4) is 0 Å². The Morgan fingerprint density at radius 3 is 2.70 bits per heavy atom. The van der Waals surface area contributed by atoms with E-state index in [1.807, 2.05) is 0 Å². The molecule has 1 aliphatic heterocycles. The monoisotopic (exact) mass is 422 g/mol. The molecule has 1 aromatic heterocycles. The van der Waals surface area contributed by atoms with E-state index in [2.05, 4.69) is 15.4 Å². The average molecular weight is 422 g/mol. The van der Waals surface area contributed by atoms with Crippen molar-refractivity contribution in [3.8, 4) is 0 Å². The minimum Gasteiger partial charge on any atom is -0.403 e. The highest BCUT2D eigenvalue weighted by Crippen LogP contribution is 2.20. The number of halogens is 3. The lowest BCUT2D eigenvalue weighted by Gasteiger charge is -2.33. The van der Waals surface area contributed by atoms with Crippen molar-refractivity contribution in [2.24, 2.45) is 10.7 Å². The minimum absolute atomic E-state index is 0.0850. The van der Waals surface area contributed by atoms with Crippen molar-refractivity contribution in [3.05, 3.63) is 53.7 Å². The first-order valence-electron chi connectivity index (χ1n) is 9.04. The normalized spacial score (nSPS) is 17.1. The summed E-state index contributed by atoms with van der Waals surface area (Å²) in [5.74, 6) is -4.38. The third kappa shape index (κ3) is 4.46. The van der Waals surface area contributed by atoms with Crippen LogP contribution in [0.25, 0.3) is 5.70 Å². The number of urea groups is 1. The summed E-state index contributed by atoms with van der Waals surface area (Å²) < 4.78 is 46.6. The van der Waals surface area contributed by atoms with Gasteiger partial charge in [0.1, 0.15) is 5.70 Å². The first-order chi connectivity index (χ1) is 14.3. The van der Waals surface area contributed by atoms with Crippen LogP contribution in [-0.4, -0.2) is 52.7 Å².